The van der Waals surface area contributed by atoms with Gasteiger partial charge in [-0.25, -0.2) is 0 Å². The van der Waals surface area contributed by atoms with Crippen LogP contribution < -0.4 is 4.90 Å². The zero-order chi connectivity index (χ0) is 15.8. The highest BCUT2D eigenvalue weighted by atomic mass is 16.2. The molecule has 0 fully saturated rings. The zero-order valence-corrected chi connectivity index (χ0v) is 12.5. The fourth-order valence-electron chi connectivity index (χ4n) is 3.09. The molecule has 0 saturated carbocycles. The van der Waals surface area contributed by atoms with Crippen molar-refractivity contribution in [1.82, 2.24) is 0 Å². The van der Waals surface area contributed by atoms with Crippen LogP contribution in [0.3, 0.4) is 0 Å². The highest BCUT2D eigenvalue weighted by Gasteiger charge is 2.28. The summed E-state index contributed by atoms with van der Waals surface area (Å²) in [5.41, 5.74) is 1.99. The fourth-order valence-corrected chi connectivity index (χ4v) is 3.09. The van der Waals surface area contributed by atoms with Gasteiger partial charge in [-0.05, 0) is 35.0 Å². The molecule has 23 heavy (non-hydrogen) atoms. The standard InChI is InChI=1S/C20H15NO2/c22-19-10-11-21(20(23)14-6-2-1-3-7-14)18-13-16-9-5-4-8-15(16)12-17(18)19/h1-9,12-13H,10-11H2. The molecule has 0 atom stereocenters. The van der Waals surface area contributed by atoms with Crippen molar-refractivity contribution >= 4 is 28.2 Å². The largest absolute Gasteiger partial charge is 0.307 e. The number of carbonyl (C=O) groups is 2. The monoisotopic (exact) mass is 301 g/mol. The number of nitrogens with zero attached hydrogens (tertiary/aromatic N) is 1. The number of ketones is 1. The lowest BCUT2D eigenvalue weighted by Gasteiger charge is -2.29. The van der Waals surface area contributed by atoms with E-state index in [9.17, 15) is 9.59 Å². The molecule has 0 saturated heterocycles. The minimum absolute atomic E-state index is 0.0605. The van der Waals surface area contributed by atoms with Crippen LogP contribution in [0.15, 0.2) is 66.7 Å². The molecule has 1 amide bonds. The highest BCUT2D eigenvalue weighted by Crippen LogP contribution is 2.32. The molecule has 3 nitrogen and oxygen atoms in total. The van der Waals surface area contributed by atoms with E-state index in [0.29, 0.717) is 29.8 Å². The molecule has 0 aliphatic carbocycles. The lowest BCUT2D eigenvalue weighted by molar-refractivity contribution is 0.0955. The first-order valence-electron chi connectivity index (χ1n) is 7.67. The predicted octanol–water partition coefficient (Wildman–Crippen LogP) is 4.07. The number of hydrogen-bond acceptors (Lipinski definition) is 2. The number of rotatable bonds is 1. The van der Waals surface area contributed by atoms with E-state index in [-0.39, 0.29) is 11.7 Å². The predicted molar refractivity (Wildman–Crippen MR) is 91.0 cm³/mol. The normalized spacial score (nSPS) is 13.9. The van der Waals surface area contributed by atoms with E-state index in [2.05, 4.69) is 0 Å². The molecule has 0 N–H and O–H groups in total. The summed E-state index contributed by atoms with van der Waals surface area (Å²) in [6.45, 7) is 0.428. The summed E-state index contributed by atoms with van der Waals surface area (Å²) in [7, 11) is 0. The molecular weight excluding hydrogens is 286 g/mol. The van der Waals surface area contributed by atoms with E-state index < -0.39 is 0 Å². The van der Waals surface area contributed by atoms with E-state index in [1.54, 1.807) is 17.0 Å². The maximum atomic E-state index is 12.8. The van der Waals surface area contributed by atoms with Crippen LogP contribution in [0.5, 0.6) is 0 Å². The van der Waals surface area contributed by atoms with Crippen LogP contribution in [-0.4, -0.2) is 18.2 Å². The lowest BCUT2D eigenvalue weighted by atomic mass is 9.96. The lowest BCUT2D eigenvalue weighted by Crippen LogP contribution is -2.37. The molecule has 0 spiro atoms. The molecule has 0 aromatic heterocycles. The number of hydrogen-bond donors (Lipinski definition) is 0. The minimum Gasteiger partial charge on any atom is -0.307 e. The van der Waals surface area contributed by atoms with E-state index >= 15 is 0 Å². The van der Waals surface area contributed by atoms with Crippen LogP contribution in [0.4, 0.5) is 5.69 Å². The Balaban J connectivity index is 1.86. The van der Waals surface area contributed by atoms with E-state index in [1.807, 2.05) is 54.6 Å². The van der Waals surface area contributed by atoms with Crippen LogP contribution >= 0.6 is 0 Å². The molecule has 3 heteroatoms. The summed E-state index contributed by atoms with van der Waals surface area (Å²) >= 11 is 0. The molecular formula is C20H15NO2. The van der Waals surface area contributed by atoms with Crippen LogP contribution in [0.2, 0.25) is 0 Å². The quantitative estimate of drug-likeness (QED) is 0.679. The molecule has 3 aromatic rings. The van der Waals surface area contributed by atoms with Gasteiger partial charge in [0.2, 0.25) is 0 Å². The topological polar surface area (TPSA) is 37.4 Å². The Morgan fingerprint density at radius 3 is 2.26 bits per heavy atom. The third kappa shape index (κ3) is 2.30. The summed E-state index contributed by atoms with van der Waals surface area (Å²) in [5.74, 6) is 0.0393. The van der Waals surface area contributed by atoms with Crippen molar-refractivity contribution in [2.75, 3.05) is 11.4 Å². The maximum absolute atomic E-state index is 12.8. The van der Waals surface area contributed by atoms with E-state index in [0.717, 1.165) is 10.8 Å². The first-order chi connectivity index (χ1) is 11.2. The van der Waals surface area contributed by atoms with Gasteiger partial charge in [0.25, 0.3) is 5.91 Å². The van der Waals surface area contributed by atoms with Gasteiger partial charge in [0.15, 0.2) is 5.78 Å². The molecule has 1 aliphatic heterocycles. The highest BCUT2D eigenvalue weighted by molar-refractivity contribution is 6.15. The third-order valence-corrected chi connectivity index (χ3v) is 4.28. The summed E-state index contributed by atoms with van der Waals surface area (Å²) in [6, 6.07) is 20.9. The molecule has 4 rings (SSSR count). The van der Waals surface area contributed by atoms with Crippen molar-refractivity contribution < 1.29 is 9.59 Å². The number of carbonyl (C=O) groups excluding carboxylic acids is 2. The van der Waals surface area contributed by atoms with E-state index in [1.165, 1.54) is 0 Å². The van der Waals surface area contributed by atoms with Gasteiger partial charge >= 0.3 is 0 Å². The van der Waals surface area contributed by atoms with Crippen molar-refractivity contribution in [3.05, 3.63) is 77.9 Å². The second-order valence-corrected chi connectivity index (χ2v) is 5.71. The molecule has 1 heterocycles. The number of fused-ring (bicyclic) bond motifs is 2. The molecule has 1 aliphatic rings. The van der Waals surface area contributed by atoms with Crippen LogP contribution in [0, 0.1) is 0 Å². The number of benzene rings is 3. The first-order valence-corrected chi connectivity index (χ1v) is 7.67. The second kappa shape index (κ2) is 5.36. The average molecular weight is 301 g/mol. The van der Waals surface area contributed by atoms with Gasteiger partial charge in [-0.2, -0.15) is 0 Å². The van der Waals surface area contributed by atoms with Crippen LogP contribution in [0.25, 0.3) is 10.8 Å². The summed E-state index contributed by atoms with van der Waals surface area (Å²) in [5, 5.41) is 2.06. The van der Waals surface area contributed by atoms with Crippen molar-refractivity contribution in [2.45, 2.75) is 6.42 Å². The van der Waals surface area contributed by atoms with Gasteiger partial charge < -0.3 is 4.90 Å². The Bertz CT molecular complexity index is 915. The smallest absolute Gasteiger partial charge is 0.258 e. The summed E-state index contributed by atoms with van der Waals surface area (Å²) in [4.78, 5) is 26.8. The van der Waals surface area contributed by atoms with Gasteiger partial charge in [-0.15, -0.1) is 0 Å². The van der Waals surface area contributed by atoms with Crippen molar-refractivity contribution in [2.24, 2.45) is 0 Å². The molecule has 0 unspecified atom stereocenters. The van der Waals surface area contributed by atoms with Gasteiger partial charge in [-0.1, -0.05) is 42.5 Å². The second-order valence-electron chi connectivity index (χ2n) is 5.71. The first kappa shape index (κ1) is 13.7. The molecule has 3 aromatic carbocycles. The van der Waals surface area contributed by atoms with Gasteiger partial charge in [0, 0.05) is 24.1 Å². The van der Waals surface area contributed by atoms with Gasteiger partial charge in [-0.3, -0.25) is 9.59 Å². The minimum atomic E-state index is -0.0605. The number of amides is 1. The average Bonchev–Trinajstić information content (AvgIpc) is 2.61. The number of Topliss-reactive ketones (excluding diaryl/α,β-unsaturated/α-hetero) is 1. The molecule has 0 bridgehead atoms. The summed E-state index contributed by atoms with van der Waals surface area (Å²) < 4.78 is 0. The Morgan fingerprint density at radius 2 is 1.52 bits per heavy atom. The fraction of sp³-hybridized carbons (Fsp3) is 0.100. The SMILES string of the molecule is O=C1CCN(C(=O)c2ccccc2)c2cc3ccccc3cc21. The van der Waals surface area contributed by atoms with Gasteiger partial charge in [0.1, 0.15) is 0 Å². The summed E-state index contributed by atoms with van der Waals surface area (Å²) in [6.07, 6.45) is 0.365. The Labute approximate surface area is 134 Å². The zero-order valence-electron chi connectivity index (χ0n) is 12.5. The van der Waals surface area contributed by atoms with E-state index in [4.69, 9.17) is 0 Å². The third-order valence-electron chi connectivity index (χ3n) is 4.28. The van der Waals surface area contributed by atoms with Crippen molar-refractivity contribution in [3.63, 3.8) is 0 Å². The van der Waals surface area contributed by atoms with Crippen molar-refractivity contribution in [3.8, 4) is 0 Å². The van der Waals surface area contributed by atoms with Gasteiger partial charge in [0.05, 0.1) is 5.69 Å². The molecule has 0 radical (unpaired) electrons. The maximum Gasteiger partial charge on any atom is 0.258 e. The van der Waals surface area contributed by atoms with Crippen molar-refractivity contribution in [1.29, 1.82) is 0 Å². The molecule has 112 valence electrons. The van der Waals surface area contributed by atoms with Crippen LogP contribution in [0.1, 0.15) is 27.1 Å². The van der Waals surface area contributed by atoms with Crippen LogP contribution in [-0.2, 0) is 0 Å². The Kier molecular flexibility index (Phi) is 3.19. The number of anilines is 1. The Hall–Kier alpha value is -2.94. The Morgan fingerprint density at radius 1 is 0.870 bits per heavy atom.